The molecule has 23 heteroatoms. The highest BCUT2D eigenvalue weighted by molar-refractivity contribution is 6.33. The van der Waals surface area contributed by atoms with Gasteiger partial charge in [0.05, 0.1) is 60.6 Å². The van der Waals surface area contributed by atoms with E-state index in [0.29, 0.717) is 86.7 Å². The molecule has 0 bridgehead atoms. The zero-order valence-corrected chi connectivity index (χ0v) is 46.0. The maximum absolute atomic E-state index is 15.9. The number of benzene rings is 4. The van der Waals surface area contributed by atoms with Gasteiger partial charge < -0.3 is 41.5 Å². The first-order chi connectivity index (χ1) is 38.8. The third-order valence-corrected chi connectivity index (χ3v) is 14.9. The molecule has 0 atom stereocenters. The van der Waals surface area contributed by atoms with Crippen LogP contribution in [0.4, 0.5) is 33.2 Å². The van der Waals surface area contributed by atoms with Crippen LogP contribution in [0.3, 0.4) is 0 Å². The summed E-state index contributed by atoms with van der Waals surface area (Å²) in [5.74, 6) is -1.10. The fourth-order valence-electron chi connectivity index (χ4n) is 10.3. The lowest BCUT2D eigenvalue weighted by molar-refractivity contribution is -0.141. The number of unbranched alkanes of at least 4 members (excludes halogenated alkanes) is 2. The van der Waals surface area contributed by atoms with Gasteiger partial charge >= 0.3 is 5.97 Å². The molecule has 2 saturated heterocycles. The number of nitrogens with zero attached hydrogens (tertiary/aromatic N) is 9. The van der Waals surface area contributed by atoms with Crippen LogP contribution in [0.5, 0.6) is 0 Å². The van der Waals surface area contributed by atoms with Crippen molar-refractivity contribution in [3.05, 3.63) is 113 Å². The lowest BCUT2D eigenvalue weighted by atomic mass is 9.96. The molecule has 7 aromatic rings. The quantitative estimate of drug-likeness (QED) is 0.0318. The number of halogens is 2. The molecule has 21 nitrogen and oxygen atoms in total. The van der Waals surface area contributed by atoms with Gasteiger partial charge in [-0.1, -0.05) is 42.3 Å². The molecular formula is C57H67ClFN15O6. The molecule has 2 aliphatic rings. The molecule has 420 valence electrons. The number of likely N-dealkylation sites (tertiary alicyclic amines) is 1. The Morgan fingerprint density at radius 2 is 1.51 bits per heavy atom. The van der Waals surface area contributed by atoms with Crippen molar-refractivity contribution >= 4 is 91.8 Å². The van der Waals surface area contributed by atoms with E-state index in [9.17, 15) is 24.0 Å². The number of hydrogen-bond acceptors (Lipinski definition) is 15. The van der Waals surface area contributed by atoms with Crippen LogP contribution < -0.4 is 36.8 Å². The summed E-state index contributed by atoms with van der Waals surface area (Å²) in [6.45, 7) is 9.18. The van der Waals surface area contributed by atoms with Gasteiger partial charge in [0, 0.05) is 74.0 Å². The predicted octanol–water partition coefficient (Wildman–Crippen LogP) is 6.02. The van der Waals surface area contributed by atoms with Gasteiger partial charge in [0.2, 0.25) is 23.7 Å². The second-order valence-electron chi connectivity index (χ2n) is 20.1. The first-order valence-electron chi connectivity index (χ1n) is 27.0. The van der Waals surface area contributed by atoms with E-state index in [2.05, 4.69) is 83.6 Å². The molecule has 0 saturated carbocycles. The van der Waals surface area contributed by atoms with Crippen molar-refractivity contribution in [3.63, 3.8) is 0 Å². The first-order valence-corrected chi connectivity index (χ1v) is 27.4. The SMILES string of the molecule is CNC(=O)c1ccccc1Nc1nc(Nc2ccc(N3CCN(CCCCCNC(=O)CN4CCC(Cn5ncc6cc(F)c(-c7cccc8c7c(C)nn8CC(=O)NCC(=O)NCC(=O)OC)cc65)CC4)CC3)cc2)ncc1Cl. The number of aromatic nitrogens is 6. The number of fused-ring (bicyclic) bond motifs is 2. The fourth-order valence-corrected chi connectivity index (χ4v) is 10.4. The number of amides is 4. The summed E-state index contributed by atoms with van der Waals surface area (Å²) in [4.78, 5) is 77.6. The number of esters is 1. The minimum absolute atomic E-state index is 0.0513. The van der Waals surface area contributed by atoms with Crippen molar-refractivity contribution in [2.75, 3.05) is 102 Å². The number of piperazine rings is 1. The molecule has 4 amide bonds. The molecule has 3 aromatic heterocycles. The molecule has 0 spiro atoms. The summed E-state index contributed by atoms with van der Waals surface area (Å²) in [6.07, 6.45) is 8.08. The van der Waals surface area contributed by atoms with Crippen LogP contribution in [0.25, 0.3) is 32.9 Å². The highest BCUT2D eigenvalue weighted by Crippen LogP contribution is 2.36. The number of para-hydroxylation sites is 1. The van der Waals surface area contributed by atoms with Crippen LogP contribution in [-0.2, 0) is 37.0 Å². The van der Waals surface area contributed by atoms with Crippen molar-refractivity contribution in [2.24, 2.45) is 5.92 Å². The number of anilines is 5. The van der Waals surface area contributed by atoms with Gasteiger partial charge in [-0.2, -0.15) is 15.2 Å². The maximum Gasteiger partial charge on any atom is 0.325 e. The monoisotopic (exact) mass is 1110 g/mol. The number of carbonyl (C=O) groups is 5. The van der Waals surface area contributed by atoms with Crippen molar-refractivity contribution < 1.29 is 33.1 Å². The van der Waals surface area contributed by atoms with Crippen LogP contribution in [0.2, 0.25) is 5.02 Å². The molecule has 2 aliphatic heterocycles. The molecule has 5 heterocycles. The van der Waals surface area contributed by atoms with E-state index in [0.717, 1.165) is 94.8 Å². The van der Waals surface area contributed by atoms with Crippen molar-refractivity contribution in [1.82, 2.24) is 60.6 Å². The van der Waals surface area contributed by atoms with Gasteiger partial charge in [-0.15, -0.1) is 0 Å². The van der Waals surface area contributed by atoms with E-state index in [1.165, 1.54) is 24.1 Å². The molecule has 2 fully saturated rings. The Morgan fingerprint density at radius 1 is 0.750 bits per heavy atom. The Hall–Kier alpha value is -8.21. The second kappa shape index (κ2) is 26.6. The van der Waals surface area contributed by atoms with Crippen molar-refractivity contribution in [2.45, 2.75) is 52.1 Å². The molecule has 80 heavy (non-hydrogen) atoms. The molecule has 9 rings (SSSR count). The first kappa shape index (κ1) is 56.5. The average molecular weight is 1110 g/mol. The van der Waals surface area contributed by atoms with Crippen LogP contribution >= 0.6 is 11.6 Å². The molecular weight excluding hydrogens is 1050 g/mol. The van der Waals surface area contributed by atoms with E-state index < -0.39 is 23.6 Å². The summed E-state index contributed by atoms with van der Waals surface area (Å²) in [5.41, 5.74) is 6.12. The van der Waals surface area contributed by atoms with Gasteiger partial charge in [0.15, 0.2) is 5.82 Å². The zero-order chi connectivity index (χ0) is 56.1. The van der Waals surface area contributed by atoms with E-state index >= 15 is 4.39 Å². The summed E-state index contributed by atoms with van der Waals surface area (Å²) < 4.78 is 23.9. The van der Waals surface area contributed by atoms with Gasteiger partial charge in [-0.3, -0.25) is 43.1 Å². The highest BCUT2D eigenvalue weighted by Gasteiger charge is 2.24. The summed E-state index contributed by atoms with van der Waals surface area (Å²) in [5, 5.41) is 28.1. The van der Waals surface area contributed by atoms with E-state index in [1.54, 1.807) is 37.5 Å². The van der Waals surface area contributed by atoms with E-state index in [-0.39, 0.29) is 31.4 Å². The van der Waals surface area contributed by atoms with E-state index in [4.69, 9.17) is 11.6 Å². The van der Waals surface area contributed by atoms with Crippen LogP contribution in [0, 0.1) is 18.7 Å². The standard InChI is InChI=1S/C57H67ClFN15O6/c1-37-54-42(11-9-13-48(54)74(69-37)36-52(77)62-32-50(75)63-33-53(78)80-3)44-29-49-39(28-46(44)59)30-65-73(49)34-38-18-22-71(23-19-38)35-51(76)61-20-7-4-8-21-70-24-26-72(27-25-70)41-16-14-40(15-17-41)66-57-64-31-45(58)55(68-57)67-47-12-6-5-10-43(47)56(79)60-2/h5-6,9-17,28-31,38H,4,7-8,18-27,32-36H2,1-3H3,(H,60,79)(H,61,76)(H,62,77)(H,63,75)(H2,64,66,67,68). The molecule has 0 aliphatic carbocycles. The lowest BCUT2D eigenvalue weighted by Crippen LogP contribution is -2.46. The molecule has 4 aromatic carbocycles. The second-order valence-corrected chi connectivity index (χ2v) is 20.5. The highest BCUT2D eigenvalue weighted by atomic mass is 35.5. The van der Waals surface area contributed by atoms with Crippen LogP contribution in [-0.4, -0.2) is 155 Å². The minimum atomic E-state index is -0.604. The minimum Gasteiger partial charge on any atom is -0.468 e. The maximum atomic E-state index is 15.9. The predicted molar refractivity (Wildman–Crippen MR) is 306 cm³/mol. The van der Waals surface area contributed by atoms with Crippen LogP contribution in [0.1, 0.15) is 48.2 Å². The zero-order valence-electron chi connectivity index (χ0n) is 45.2. The number of rotatable bonds is 23. The van der Waals surface area contributed by atoms with Crippen molar-refractivity contribution in [3.8, 4) is 11.1 Å². The summed E-state index contributed by atoms with van der Waals surface area (Å²) in [7, 11) is 2.80. The number of aryl methyl sites for hydroxylation is 1. The summed E-state index contributed by atoms with van der Waals surface area (Å²) >= 11 is 6.43. The molecule has 0 unspecified atom stereocenters. The van der Waals surface area contributed by atoms with Gasteiger partial charge in [-0.05, 0) is 118 Å². The topological polar surface area (TPSA) is 238 Å². The Morgan fingerprint density at radius 3 is 2.29 bits per heavy atom. The average Bonchev–Trinajstić information content (AvgIpc) is 4.14. The number of ether oxygens (including phenoxy) is 1. The van der Waals surface area contributed by atoms with Gasteiger partial charge in [0.1, 0.15) is 23.9 Å². The molecule has 6 N–H and O–H groups in total. The lowest BCUT2D eigenvalue weighted by Gasteiger charge is -2.36. The van der Waals surface area contributed by atoms with Crippen molar-refractivity contribution in [1.29, 1.82) is 0 Å². The largest absolute Gasteiger partial charge is 0.468 e. The smallest absolute Gasteiger partial charge is 0.325 e. The third kappa shape index (κ3) is 14.3. The third-order valence-electron chi connectivity index (χ3n) is 14.6. The molecule has 0 radical (unpaired) electrons. The number of piperidine rings is 1. The number of methoxy groups -OCH3 is 1. The summed E-state index contributed by atoms with van der Waals surface area (Å²) in [6, 6.07) is 24.1. The number of nitrogens with one attached hydrogen (secondary N) is 6. The Balaban J connectivity index is 0.661. The number of hydrogen-bond donors (Lipinski definition) is 6. The fraction of sp³-hybridized carbons (Fsp3) is 0.386. The van der Waals surface area contributed by atoms with Gasteiger partial charge in [0.25, 0.3) is 5.91 Å². The Labute approximate surface area is 467 Å². The Bertz CT molecular complexity index is 3340. The Kier molecular flexibility index (Phi) is 18.8. The van der Waals surface area contributed by atoms with E-state index in [1.807, 2.05) is 48.0 Å². The normalized spacial score (nSPS) is 14.2. The number of carbonyl (C=O) groups excluding carboxylic acids is 5. The van der Waals surface area contributed by atoms with Crippen LogP contribution in [0.15, 0.2) is 91.3 Å². The van der Waals surface area contributed by atoms with Gasteiger partial charge in [-0.25, -0.2) is 9.37 Å².